The fourth-order valence-electron chi connectivity index (χ4n) is 1.91. The van der Waals surface area contributed by atoms with Crippen LogP contribution in [0.15, 0.2) is 16.3 Å². The second kappa shape index (κ2) is 8.29. The monoisotopic (exact) mass is 390 g/mol. The van der Waals surface area contributed by atoms with Crippen LogP contribution in [0.4, 0.5) is 0 Å². The van der Waals surface area contributed by atoms with E-state index in [1.54, 1.807) is 6.07 Å². The van der Waals surface area contributed by atoms with Gasteiger partial charge in [0, 0.05) is 30.4 Å². The fraction of sp³-hybridized carbons (Fsp3) is 0.625. The molecule has 0 saturated carbocycles. The van der Waals surface area contributed by atoms with Gasteiger partial charge in [0.1, 0.15) is 4.21 Å². The molecular weight excluding hydrogens is 364 g/mol. The maximum Gasteiger partial charge on any atom is 0.307 e. The summed E-state index contributed by atoms with van der Waals surface area (Å²) in [5.41, 5.74) is -0.465. The molecule has 0 radical (unpaired) electrons. The Morgan fingerprint density at radius 2 is 1.92 bits per heavy atom. The summed E-state index contributed by atoms with van der Waals surface area (Å²) in [5.74, 6) is -1.88. The first kappa shape index (κ1) is 21.6. The maximum atomic E-state index is 12.5. The van der Waals surface area contributed by atoms with E-state index in [1.165, 1.54) is 20.0 Å². The molecule has 25 heavy (non-hydrogen) atoms. The first-order chi connectivity index (χ1) is 11.4. The van der Waals surface area contributed by atoms with E-state index in [-0.39, 0.29) is 16.7 Å². The molecule has 2 N–H and O–H groups in total. The molecule has 0 bridgehead atoms. The maximum absolute atomic E-state index is 12.5. The molecule has 0 saturated heterocycles. The molecule has 1 rings (SSSR count). The molecule has 1 unspecified atom stereocenters. The molecular formula is C16H26N2O5S2. The summed E-state index contributed by atoms with van der Waals surface area (Å²) in [6.07, 6.45) is 0.539. The summed E-state index contributed by atoms with van der Waals surface area (Å²) >= 11 is 1.13. The Bertz CT molecular complexity index is 719. The number of nitrogens with zero attached hydrogens (tertiary/aromatic N) is 1. The predicted octanol–water partition coefficient (Wildman–Crippen LogP) is 1.79. The van der Waals surface area contributed by atoms with E-state index in [9.17, 15) is 18.0 Å². The number of thiophene rings is 1. The minimum absolute atomic E-state index is 0.0562. The number of carbonyl (C=O) groups is 2. The van der Waals surface area contributed by atoms with Gasteiger partial charge in [-0.05, 0) is 18.6 Å². The number of sulfonamides is 1. The molecule has 0 aliphatic rings. The summed E-state index contributed by atoms with van der Waals surface area (Å²) in [6.45, 7) is 7.28. The van der Waals surface area contributed by atoms with Gasteiger partial charge in [-0.3, -0.25) is 9.59 Å². The third-order valence-electron chi connectivity index (χ3n) is 3.59. The van der Waals surface area contributed by atoms with Crippen LogP contribution < -0.4 is 5.32 Å². The molecule has 1 aromatic rings. The van der Waals surface area contributed by atoms with Crippen molar-refractivity contribution in [3.8, 4) is 0 Å². The highest BCUT2D eigenvalue weighted by Crippen LogP contribution is 2.25. The van der Waals surface area contributed by atoms with Gasteiger partial charge in [0.15, 0.2) is 0 Å². The smallest absolute Gasteiger partial charge is 0.307 e. The van der Waals surface area contributed by atoms with Crippen LogP contribution in [-0.4, -0.2) is 49.8 Å². The van der Waals surface area contributed by atoms with Gasteiger partial charge in [0.2, 0.25) is 5.91 Å². The third-order valence-corrected chi connectivity index (χ3v) is 7.03. The Morgan fingerprint density at radius 1 is 1.32 bits per heavy atom. The first-order valence-electron chi connectivity index (χ1n) is 7.92. The van der Waals surface area contributed by atoms with Crippen LogP contribution in [0.25, 0.3) is 0 Å². The molecule has 0 fully saturated rings. The Hall–Kier alpha value is -1.45. The van der Waals surface area contributed by atoms with Crippen molar-refractivity contribution in [3.63, 3.8) is 0 Å². The summed E-state index contributed by atoms with van der Waals surface area (Å²) in [7, 11) is -2.34. The van der Waals surface area contributed by atoms with Gasteiger partial charge in [0.05, 0.1) is 5.92 Å². The van der Waals surface area contributed by atoms with Crippen LogP contribution in [0.5, 0.6) is 0 Å². The Labute approximate surface area is 153 Å². The first-order valence-corrected chi connectivity index (χ1v) is 10.2. The number of rotatable bonds is 8. The lowest BCUT2D eigenvalue weighted by Gasteiger charge is -2.18. The molecule has 0 spiro atoms. The Morgan fingerprint density at radius 3 is 2.44 bits per heavy atom. The normalized spacial score (nSPS) is 13.7. The second-order valence-electron chi connectivity index (χ2n) is 7.00. The van der Waals surface area contributed by atoms with Crippen LogP contribution in [0.1, 0.15) is 32.6 Å². The van der Waals surface area contributed by atoms with Crippen LogP contribution in [0.3, 0.4) is 0 Å². The number of carboxylic acids is 1. The second-order valence-corrected chi connectivity index (χ2v) is 10.4. The van der Waals surface area contributed by atoms with E-state index >= 15 is 0 Å². The summed E-state index contributed by atoms with van der Waals surface area (Å²) < 4.78 is 26.2. The lowest BCUT2D eigenvalue weighted by atomic mass is 9.96. The third kappa shape index (κ3) is 6.09. The summed E-state index contributed by atoms with van der Waals surface area (Å²) in [6, 6.07) is 3.23. The van der Waals surface area contributed by atoms with Crippen molar-refractivity contribution < 1.29 is 23.1 Å². The Kier molecular flexibility index (Phi) is 7.16. The van der Waals surface area contributed by atoms with E-state index < -0.39 is 27.3 Å². The van der Waals surface area contributed by atoms with E-state index in [0.29, 0.717) is 13.0 Å². The number of carbonyl (C=O) groups excluding carboxylic acids is 1. The van der Waals surface area contributed by atoms with Gasteiger partial charge >= 0.3 is 5.97 Å². The molecule has 0 aliphatic carbocycles. The number of nitrogens with one attached hydrogen (secondary N) is 1. The lowest BCUT2D eigenvalue weighted by molar-refractivity contribution is -0.141. The van der Waals surface area contributed by atoms with Crippen molar-refractivity contribution in [1.82, 2.24) is 9.62 Å². The molecule has 142 valence electrons. The van der Waals surface area contributed by atoms with E-state index in [0.717, 1.165) is 20.5 Å². The van der Waals surface area contributed by atoms with Crippen molar-refractivity contribution >= 4 is 33.2 Å². The van der Waals surface area contributed by atoms with Gasteiger partial charge in [-0.1, -0.05) is 27.7 Å². The van der Waals surface area contributed by atoms with Crippen molar-refractivity contribution in [3.05, 3.63) is 17.0 Å². The largest absolute Gasteiger partial charge is 0.481 e. The average Bonchev–Trinajstić information content (AvgIpc) is 2.95. The number of hydrogen-bond donors (Lipinski definition) is 2. The van der Waals surface area contributed by atoms with Crippen molar-refractivity contribution in [2.45, 2.75) is 38.3 Å². The highest BCUT2D eigenvalue weighted by Gasteiger charge is 2.26. The minimum Gasteiger partial charge on any atom is -0.481 e. The van der Waals surface area contributed by atoms with Crippen LogP contribution in [-0.2, 0) is 26.0 Å². The van der Waals surface area contributed by atoms with Gasteiger partial charge < -0.3 is 10.4 Å². The highest BCUT2D eigenvalue weighted by atomic mass is 32.2. The molecule has 0 aromatic carbocycles. The zero-order valence-corrected chi connectivity index (χ0v) is 16.8. The predicted molar refractivity (Wildman–Crippen MR) is 97.1 cm³/mol. The number of carboxylic acid groups (broad SMARTS) is 1. The SMILES string of the molecule is CC(CN(C)S(=O)(=O)c1ccc(CCNC(=O)C(C)(C)C)s1)C(=O)O. The van der Waals surface area contributed by atoms with Gasteiger partial charge in [0.25, 0.3) is 10.0 Å². The van der Waals surface area contributed by atoms with Gasteiger partial charge in [-0.2, -0.15) is 4.31 Å². The quantitative estimate of drug-likeness (QED) is 0.704. The van der Waals surface area contributed by atoms with Crippen LogP contribution >= 0.6 is 11.3 Å². The molecule has 7 nitrogen and oxygen atoms in total. The number of amides is 1. The molecule has 9 heteroatoms. The Balaban J connectivity index is 2.70. The molecule has 1 heterocycles. The fourth-order valence-corrected chi connectivity index (χ4v) is 4.74. The van der Waals surface area contributed by atoms with Gasteiger partial charge in [-0.15, -0.1) is 11.3 Å². The topological polar surface area (TPSA) is 104 Å². The van der Waals surface area contributed by atoms with E-state index in [2.05, 4.69) is 5.32 Å². The zero-order valence-electron chi connectivity index (χ0n) is 15.2. The summed E-state index contributed by atoms with van der Waals surface area (Å²) in [5, 5.41) is 11.7. The van der Waals surface area contributed by atoms with Crippen LogP contribution in [0.2, 0.25) is 0 Å². The van der Waals surface area contributed by atoms with E-state index in [1.807, 2.05) is 20.8 Å². The van der Waals surface area contributed by atoms with Crippen molar-refractivity contribution in [2.75, 3.05) is 20.1 Å². The molecule has 1 atom stereocenters. The van der Waals surface area contributed by atoms with Crippen molar-refractivity contribution in [1.29, 1.82) is 0 Å². The standard InChI is InChI=1S/C16H26N2O5S2/c1-11(14(19)20)10-18(5)25(22,23)13-7-6-12(24-13)8-9-17-15(21)16(2,3)4/h6-7,11H,8-10H2,1-5H3,(H,17,21)(H,19,20). The number of aliphatic carboxylic acids is 1. The molecule has 1 amide bonds. The average molecular weight is 391 g/mol. The minimum atomic E-state index is -3.71. The zero-order chi connectivity index (χ0) is 19.4. The molecule has 1 aromatic heterocycles. The lowest BCUT2D eigenvalue weighted by Crippen LogP contribution is -2.35. The molecule has 0 aliphatic heterocycles. The summed E-state index contributed by atoms with van der Waals surface area (Å²) in [4.78, 5) is 23.5. The van der Waals surface area contributed by atoms with Crippen molar-refractivity contribution in [2.24, 2.45) is 11.3 Å². The van der Waals surface area contributed by atoms with Gasteiger partial charge in [-0.25, -0.2) is 8.42 Å². The highest BCUT2D eigenvalue weighted by molar-refractivity contribution is 7.91. The number of hydrogen-bond acceptors (Lipinski definition) is 5. The van der Waals surface area contributed by atoms with E-state index in [4.69, 9.17) is 5.11 Å². The van der Waals surface area contributed by atoms with Crippen LogP contribution in [0, 0.1) is 11.3 Å².